The van der Waals surface area contributed by atoms with Gasteiger partial charge in [0.2, 0.25) is 11.8 Å². The first kappa shape index (κ1) is 32.4. The highest BCUT2D eigenvalue weighted by molar-refractivity contribution is 6.05. The second-order valence-electron chi connectivity index (χ2n) is 14.7. The van der Waals surface area contributed by atoms with Crippen molar-refractivity contribution < 1.29 is 28.0 Å². The molecule has 3 aromatic rings. The number of benzene rings is 1. The van der Waals surface area contributed by atoms with E-state index in [4.69, 9.17) is 0 Å². The number of likely N-dealkylation sites (tertiary alicyclic amines) is 1. The number of urea groups is 1. The predicted molar refractivity (Wildman–Crippen MR) is 179 cm³/mol. The van der Waals surface area contributed by atoms with Crippen LogP contribution in [0.2, 0.25) is 0 Å². The minimum absolute atomic E-state index is 0.000604. The number of carbonyl (C=O) groups excluding carboxylic acids is 4. The molecule has 3 saturated heterocycles. The number of aromatic nitrogens is 4. The molecule has 2 aliphatic carbocycles. The largest absolute Gasteiger partial charge is 0.371 e. The van der Waals surface area contributed by atoms with Crippen LogP contribution < -0.4 is 20.4 Å². The van der Waals surface area contributed by atoms with Gasteiger partial charge in [0.25, 0.3) is 11.8 Å². The molecule has 8 rings (SSSR count). The van der Waals surface area contributed by atoms with Gasteiger partial charge in [-0.25, -0.2) is 13.6 Å². The molecule has 0 radical (unpaired) electrons. The third-order valence-electron chi connectivity index (χ3n) is 11.7. The summed E-state index contributed by atoms with van der Waals surface area (Å²) in [5, 5.41) is 16.6. The van der Waals surface area contributed by atoms with Crippen molar-refractivity contribution in [1.29, 1.82) is 0 Å². The Hall–Kier alpha value is -4.82. The normalized spacial score (nSPS) is 25.2. The van der Waals surface area contributed by atoms with Gasteiger partial charge in [-0.3, -0.25) is 34.4 Å². The van der Waals surface area contributed by atoms with Crippen LogP contribution in [-0.2, 0) is 29.0 Å². The van der Waals surface area contributed by atoms with Gasteiger partial charge in [0.15, 0.2) is 5.69 Å². The van der Waals surface area contributed by atoms with Gasteiger partial charge >= 0.3 is 6.03 Å². The van der Waals surface area contributed by atoms with Crippen LogP contribution in [0.15, 0.2) is 36.7 Å². The average Bonchev–Trinajstić information content (AvgIpc) is 3.51. The number of hydrogen-bond acceptors (Lipinski definition) is 7. The van der Waals surface area contributed by atoms with Crippen LogP contribution in [0.4, 0.5) is 30.6 Å². The lowest BCUT2D eigenvalue weighted by Gasteiger charge is -2.38. The lowest BCUT2D eigenvalue weighted by atomic mass is 9.87. The van der Waals surface area contributed by atoms with Crippen molar-refractivity contribution in [1.82, 2.24) is 30.2 Å². The molecule has 2 atom stereocenters. The number of amides is 5. The molecule has 4 fully saturated rings. The molecule has 1 aromatic carbocycles. The maximum absolute atomic E-state index is 14.3. The summed E-state index contributed by atoms with van der Waals surface area (Å²) >= 11 is 0. The smallest absolute Gasteiger partial charge is 0.328 e. The van der Waals surface area contributed by atoms with Gasteiger partial charge in [-0.15, -0.1) is 0 Å². The minimum Gasteiger partial charge on any atom is -0.371 e. The summed E-state index contributed by atoms with van der Waals surface area (Å²) in [5.74, 6) is -3.60. The first-order valence-electron chi connectivity index (χ1n) is 17.5. The van der Waals surface area contributed by atoms with E-state index in [0.29, 0.717) is 49.0 Å². The summed E-state index contributed by atoms with van der Waals surface area (Å²) in [5.41, 5.74) is 2.63. The fourth-order valence-corrected chi connectivity index (χ4v) is 8.41. The summed E-state index contributed by atoms with van der Waals surface area (Å²) < 4.78 is 30.4. The summed E-state index contributed by atoms with van der Waals surface area (Å²) in [6, 6.07) is 7.37. The molecular formula is C35H41F2N9O4. The Morgan fingerprint density at radius 3 is 2.44 bits per heavy atom. The molecule has 13 nitrogen and oxygen atoms in total. The Balaban J connectivity index is 0.779. The SMILES string of the molecule is C[C@@]12Cc3[nH]nc(C(=O)Nc4cnn(CC5CCN(C(=O)C6CCN(c7ccc(N8CCC(=O)NC8=O)cc7)CC6)CC5)c4)c3C[C@@H]1C2(F)F. The molecule has 5 heterocycles. The zero-order valence-electron chi connectivity index (χ0n) is 28.0. The number of rotatable bonds is 7. The van der Waals surface area contributed by atoms with Crippen LogP contribution in [-0.4, -0.2) is 87.3 Å². The third-order valence-corrected chi connectivity index (χ3v) is 11.7. The highest BCUT2D eigenvalue weighted by Crippen LogP contribution is 2.70. The number of aromatic amines is 1. The minimum atomic E-state index is -2.72. The number of anilines is 3. The van der Waals surface area contributed by atoms with E-state index in [1.54, 1.807) is 28.9 Å². The Morgan fingerprint density at radius 2 is 1.72 bits per heavy atom. The van der Waals surface area contributed by atoms with Gasteiger partial charge in [-0.1, -0.05) is 6.92 Å². The lowest BCUT2D eigenvalue weighted by Crippen LogP contribution is -2.49. The maximum atomic E-state index is 14.3. The maximum Gasteiger partial charge on any atom is 0.328 e. The molecule has 0 spiro atoms. The molecule has 5 aliphatic rings. The number of imide groups is 1. The van der Waals surface area contributed by atoms with Crippen molar-refractivity contribution in [3.63, 3.8) is 0 Å². The van der Waals surface area contributed by atoms with Gasteiger partial charge in [0.05, 0.1) is 11.9 Å². The summed E-state index contributed by atoms with van der Waals surface area (Å²) in [7, 11) is 0. The Bertz CT molecular complexity index is 1820. The van der Waals surface area contributed by atoms with Gasteiger partial charge < -0.3 is 15.1 Å². The number of piperidine rings is 2. The van der Waals surface area contributed by atoms with E-state index >= 15 is 0 Å². The van der Waals surface area contributed by atoms with E-state index in [1.165, 1.54) is 0 Å². The van der Waals surface area contributed by atoms with Crippen molar-refractivity contribution in [3.8, 4) is 0 Å². The van der Waals surface area contributed by atoms with Crippen LogP contribution in [0.1, 0.15) is 60.8 Å². The number of H-pyrrole nitrogens is 1. The van der Waals surface area contributed by atoms with E-state index in [0.717, 1.165) is 50.1 Å². The van der Waals surface area contributed by atoms with Crippen LogP contribution in [0, 0.1) is 23.2 Å². The fraction of sp³-hybridized carbons (Fsp3) is 0.543. The number of halogens is 2. The molecular weight excluding hydrogens is 648 g/mol. The molecule has 2 aromatic heterocycles. The van der Waals surface area contributed by atoms with Gasteiger partial charge in [0, 0.05) is 98.2 Å². The van der Waals surface area contributed by atoms with Gasteiger partial charge in [-0.05, 0) is 62.3 Å². The highest BCUT2D eigenvalue weighted by atomic mass is 19.3. The van der Waals surface area contributed by atoms with E-state index < -0.39 is 29.2 Å². The lowest BCUT2D eigenvalue weighted by molar-refractivity contribution is -0.137. The van der Waals surface area contributed by atoms with Gasteiger partial charge in [0.1, 0.15) is 0 Å². The highest BCUT2D eigenvalue weighted by Gasteiger charge is 2.78. The molecule has 3 aliphatic heterocycles. The van der Waals surface area contributed by atoms with E-state index in [2.05, 4.69) is 30.8 Å². The Morgan fingerprint density at radius 1 is 1.00 bits per heavy atom. The number of carbonyl (C=O) groups is 4. The quantitative estimate of drug-likeness (QED) is 0.342. The number of nitrogens with one attached hydrogen (secondary N) is 3. The van der Waals surface area contributed by atoms with E-state index in [9.17, 15) is 28.0 Å². The summed E-state index contributed by atoms with van der Waals surface area (Å²) in [6.07, 6.45) is 7.27. The molecule has 50 heavy (non-hydrogen) atoms. The van der Waals surface area contributed by atoms with E-state index in [-0.39, 0.29) is 42.7 Å². The van der Waals surface area contributed by atoms with Gasteiger partial charge in [-0.2, -0.15) is 10.2 Å². The molecule has 3 N–H and O–H groups in total. The van der Waals surface area contributed by atoms with Crippen LogP contribution >= 0.6 is 0 Å². The molecule has 15 heteroatoms. The summed E-state index contributed by atoms with van der Waals surface area (Å²) in [6.45, 7) is 5.59. The molecule has 0 unspecified atom stereocenters. The van der Waals surface area contributed by atoms with Crippen molar-refractivity contribution >= 4 is 40.8 Å². The number of nitrogens with zero attached hydrogens (tertiary/aromatic N) is 6. The second-order valence-corrected chi connectivity index (χ2v) is 14.7. The van der Waals surface area contributed by atoms with Crippen LogP contribution in [0.3, 0.4) is 0 Å². The molecule has 264 valence electrons. The Labute approximate surface area is 287 Å². The number of fused-ring (bicyclic) bond motifs is 2. The standard InChI is InChI=1S/C35H41F2N9O4/c1-34-17-27-26(16-28(34)35(34,36)37)30(42-41-27)31(48)39-23-18-38-45(20-23)19-21-6-11-44(12-7-21)32(49)22-8-13-43(14-9-22)24-2-4-25(5-3-24)46-15-10-29(47)40-33(46)50/h2-5,18,20-22,28H,6-17,19H2,1H3,(H,39,48)(H,41,42)(H,40,47,50)/t28-,34+/m0/s1. The number of hydrogen-bond donors (Lipinski definition) is 3. The number of alkyl halides is 2. The van der Waals surface area contributed by atoms with Crippen molar-refractivity contribution in [2.24, 2.45) is 23.2 Å². The topological polar surface area (TPSA) is 149 Å². The average molecular weight is 690 g/mol. The van der Waals surface area contributed by atoms with Crippen molar-refractivity contribution in [2.45, 2.75) is 64.3 Å². The van der Waals surface area contributed by atoms with Crippen LogP contribution in [0.5, 0.6) is 0 Å². The zero-order valence-corrected chi connectivity index (χ0v) is 28.0. The predicted octanol–water partition coefficient (Wildman–Crippen LogP) is 3.83. The summed E-state index contributed by atoms with van der Waals surface area (Å²) in [4.78, 5) is 55.9. The Kier molecular flexibility index (Phi) is 7.90. The molecule has 0 bridgehead atoms. The first-order chi connectivity index (χ1) is 24.0. The van der Waals surface area contributed by atoms with Crippen molar-refractivity contribution in [2.75, 3.05) is 47.8 Å². The molecule has 5 amide bonds. The first-order valence-corrected chi connectivity index (χ1v) is 17.5. The second kappa shape index (κ2) is 12.2. The monoisotopic (exact) mass is 689 g/mol. The third kappa shape index (κ3) is 5.69. The van der Waals surface area contributed by atoms with Crippen LogP contribution in [0.25, 0.3) is 0 Å². The zero-order chi connectivity index (χ0) is 34.8. The fourth-order valence-electron chi connectivity index (χ4n) is 8.41. The van der Waals surface area contributed by atoms with E-state index in [1.807, 2.05) is 29.2 Å². The van der Waals surface area contributed by atoms with Crippen molar-refractivity contribution in [3.05, 3.63) is 53.6 Å². The molecule has 1 saturated carbocycles.